The van der Waals surface area contributed by atoms with Gasteiger partial charge in [0.15, 0.2) is 11.6 Å². The van der Waals surface area contributed by atoms with Gasteiger partial charge in [-0.2, -0.15) is 0 Å². The summed E-state index contributed by atoms with van der Waals surface area (Å²) in [7, 11) is 0. The molecule has 8 nitrogen and oxygen atoms in total. The number of nitrogens with zero attached hydrogens (tertiary/aromatic N) is 8. The van der Waals surface area contributed by atoms with E-state index in [2.05, 4.69) is 27.2 Å². The first kappa shape index (κ1) is 17.0. The molecule has 0 bridgehead atoms. The molecule has 0 N–H and O–H groups in total. The lowest BCUT2D eigenvalue weighted by Crippen LogP contribution is -2.04. The van der Waals surface area contributed by atoms with Gasteiger partial charge in [0.05, 0.1) is 12.7 Å². The first-order valence-corrected chi connectivity index (χ1v) is 8.98. The van der Waals surface area contributed by atoms with Gasteiger partial charge in [0.25, 0.3) is 0 Å². The predicted octanol–water partition coefficient (Wildman–Crippen LogP) is 2.84. The number of unbranched alkanes of at least 4 members (excludes halogenated alkanes) is 1. The Labute approximate surface area is 156 Å². The molecular formula is C19H20N8. The molecule has 0 atom stereocenters. The van der Waals surface area contributed by atoms with Gasteiger partial charge in [-0.1, -0.05) is 18.6 Å². The van der Waals surface area contributed by atoms with Gasteiger partial charge in [-0.15, -0.1) is 10.2 Å². The molecule has 0 aliphatic carbocycles. The van der Waals surface area contributed by atoms with Crippen molar-refractivity contribution in [3.05, 3.63) is 60.8 Å². The van der Waals surface area contributed by atoms with Gasteiger partial charge in [-0.05, 0) is 36.2 Å². The zero-order chi connectivity index (χ0) is 18.5. The number of rotatable bonds is 7. The van der Waals surface area contributed by atoms with Crippen molar-refractivity contribution < 1.29 is 0 Å². The molecule has 27 heavy (non-hydrogen) atoms. The van der Waals surface area contributed by atoms with Crippen molar-refractivity contribution >= 4 is 0 Å². The van der Waals surface area contributed by atoms with Crippen LogP contribution in [0.5, 0.6) is 0 Å². The Balaban J connectivity index is 1.71. The van der Waals surface area contributed by atoms with E-state index in [1.807, 2.05) is 39.8 Å². The van der Waals surface area contributed by atoms with Crippen LogP contribution in [0.1, 0.15) is 25.3 Å². The number of hydrogen-bond acceptors (Lipinski definition) is 6. The highest BCUT2D eigenvalue weighted by molar-refractivity contribution is 5.58. The summed E-state index contributed by atoms with van der Waals surface area (Å²) in [5, 5.41) is 13.2. The Kier molecular flexibility index (Phi) is 4.95. The minimum absolute atomic E-state index is 0.576. The molecule has 0 spiro atoms. The van der Waals surface area contributed by atoms with Crippen molar-refractivity contribution in [2.45, 2.75) is 32.9 Å². The summed E-state index contributed by atoms with van der Waals surface area (Å²) in [5.74, 6) is 1.31. The third-order valence-corrected chi connectivity index (χ3v) is 4.18. The van der Waals surface area contributed by atoms with Gasteiger partial charge in [-0.25, -0.2) is 9.67 Å². The SMILES string of the molecule is CCCCn1cc(-c2nc(-c3cccnc3)nn2Cc2ccncc2)nn1. The van der Waals surface area contributed by atoms with Crippen LogP contribution in [0.2, 0.25) is 0 Å². The maximum Gasteiger partial charge on any atom is 0.183 e. The molecule has 0 unspecified atom stereocenters. The Morgan fingerprint density at radius 2 is 1.93 bits per heavy atom. The molecule has 0 saturated carbocycles. The quantitative estimate of drug-likeness (QED) is 0.504. The Hall–Kier alpha value is -3.42. The van der Waals surface area contributed by atoms with Crippen molar-refractivity contribution in [3.8, 4) is 22.9 Å². The second-order valence-corrected chi connectivity index (χ2v) is 6.23. The van der Waals surface area contributed by atoms with Gasteiger partial charge in [-0.3, -0.25) is 14.6 Å². The van der Waals surface area contributed by atoms with E-state index in [1.54, 1.807) is 24.8 Å². The molecule has 8 heteroatoms. The zero-order valence-corrected chi connectivity index (χ0v) is 15.1. The van der Waals surface area contributed by atoms with E-state index in [0.717, 1.165) is 30.5 Å². The molecule has 4 rings (SSSR count). The maximum absolute atomic E-state index is 4.72. The van der Waals surface area contributed by atoms with Gasteiger partial charge < -0.3 is 0 Å². The monoisotopic (exact) mass is 360 g/mol. The molecule has 0 aliphatic rings. The van der Waals surface area contributed by atoms with Crippen LogP contribution in [0.3, 0.4) is 0 Å². The average Bonchev–Trinajstić information content (AvgIpc) is 3.35. The molecule has 0 aliphatic heterocycles. The van der Waals surface area contributed by atoms with E-state index in [4.69, 9.17) is 10.1 Å². The summed E-state index contributed by atoms with van der Waals surface area (Å²) in [6.07, 6.45) is 11.1. The highest BCUT2D eigenvalue weighted by Crippen LogP contribution is 2.21. The van der Waals surface area contributed by atoms with E-state index in [1.165, 1.54) is 0 Å². The summed E-state index contributed by atoms with van der Waals surface area (Å²) >= 11 is 0. The average molecular weight is 360 g/mol. The van der Waals surface area contributed by atoms with Gasteiger partial charge in [0.2, 0.25) is 0 Å². The van der Waals surface area contributed by atoms with E-state index >= 15 is 0 Å². The van der Waals surface area contributed by atoms with Crippen molar-refractivity contribution in [1.29, 1.82) is 0 Å². The van der Waals surface area contributed by atoms with Gasteiger partial charge in [0, 0.05) is 36.9 Å². The summed E-state index contributed by atoms with van der Waals surface area (Å²) in [6.45, 7) is 3.58. The predicted molar refractivity (Wildman–Crippen MR) is 101 cm³/mol. The van der Waals surface area contributed by atoms with Crippen molar-refractivity contribution in [2.24, 2.45) is 0 Å². The zero-order valence-electron chi connectivity index (χ0n) is 15.1. The van der Waals surface area contributed by atoms with E-state index in [-0.39, 0.29) is 0 Å². The van der Waals surface area contributed by atoms with Crippen LogP contribution in [-0.2, 0) is 13.1 Å². The Morgan fingerprint density at radius 1 is 1.04 bits per heavy atom. The van der Waals surface area contributed by atoms with Crippen LogP contribution < -0.4 is 0 Å². The van der Waals surface area contributed by atoms with Crippen LogP contribution in [0.15, 0.2) is 55.2 Å². The largest absolute Gasteiger partial charge is 0.265 e. The summed E-state index contributed by atoms with van der Waals surface area (Å²) in [6, 6.07) is 7.75. The van der Waals surface area contributed by atoms with Crippen LogP contribution >= 0.6 is 0 Å². The highest BCUT2D eigenvalue weighted by atomic mass is 15.4. The van der Waals surface area contributed by atoms with Crippen LogP contribution in [0.4, 0.5) is 0 Å². The van der Waals surface area contributed by atoms with Crippen molar-refractivity contribution in [1.82, 2.24) is 39.7 Å². The van der Waals surface area contributed by atoms with Crippen LogP contribution in [0, 0.1) is 0 Å². The number of aryl methyl sites for hydroxylation is 1. The molecule has 0 saturated heterocycles. The second kappa shape index (κ2) is 7.86. The highest BCUT2D eigenvalue weighted by Gasteiger charge is 2.17. The molecule has 4 aromatic rings. The summed E-state index contributed by atoms with van der Waals surface area (Å²) in [4.78, 5) is 13.0. The molecule has 4 aromatic heterocycles. The fraction of sp³-hybridized carbons (Fsp3) is 0.263. The third kappa shape index (κ3) is 3.89. The van der Waals surface area contributed by atoms with Gasteiger partial charge >= 0.3 is 0 Å². The van der Waals surface area contributed by atoms with E-state index in [0.29, 0.717) is 23.9 Å². The standard InChI is InChI=1S/C19H20N8/c1-2-3-11-26-14-17(23-25-26)19-22-18(16-5-4-8-21-12-16)24-27(19)13-15-6-9-20-10-7-15/h4-10,12,14H,2-3,11,13H2,1H3. The summed E-state index contributed by atoms with van der Waals surface area (Å²) in [5.41, 5.74) is 2.67. The molecule has 0 radical (unpaired) electrons. The third-order valence-electron chi connectivity index (χ3n) is 4.18. The number of aromatic nitrogens is 8. The fourth-order valence-electron chi connectivity index (χ4n) is 2.75. The normalized spacial score (nSPS) is 11.0. The van der Waals surface area contributed by atoms with Crippen LogP contribution in [0.25, 0.3) is 22.9 Å². The first-order valence-electron chi connectivity index (χ1n) is 8.98. The molecular weight excluding hydrogens is 340 g/mol. The minimum atomic E-state index is 0.576. The molecule has 0 amide bonds. The first-order chi connectivity index (χ1) is 13.3. The molecule has 0 aromatic carbocycles. The Bertz CT molecular complexity index is 991. The fourth-order valence-corrected chi connectivity index (χ4v) is 2.75. The van der Waals surface area contributed by atoms with E-state index in [9.17, 15) is 0 Å². The summed E-state index contributed by atoms with van der Waals surface area (Å²) < 4.78 is 3.71. The lowest BCUT2D eigenvalue weighted by molar-refractivity contribution is 0.553. The number of pyridine rings is 2. The lowest BCUT2D eigenvalue weighted by atomic mass is 10.3. The van der Waals surface area contributed by atoms with Crippen molar-refractivity contribution in [3.63, 3.8) is 0 Å². The van der Waals surface area contributed by atoms with Gasteiger partial charge in [0.1, 0.15) is 5.69 Å². The Morgan fingerprint density at radius 3 is 2.70 bits per heavy atom. The van der Waals surface area contributed by atoms with Crippen LogP contribution in [-0.4, -0.2) is 39.7 Å². The molecule has 136 valence electrons. The number of hydrogen-bond donors (Lipinski definition) is 0. The second-order valence-electron chi connectivity index (χ2n) is 6.23. The van der Waals surface area contributed by atoms with Crippen molar-refractivity contribution in [2.75, 3.05) is 0 Å². The lowest BCUT2D eigenvalue weighted by Gasteiger charge is -2.03. The maximum atomic E-state index is 4.72. The molecule has 0 fully saturated rings. The van der Waals surface area contributed by atoms with E-state index < -0.39 is 0 Å². The molecule has 4 heterocycles. The topological polar surface area (TPSA) is 87.2 Å². The minimum Gasteiger partial charge on any atom is -0.265 e. The smallest absolute Gasteiger partial charge is 0.183 e.